The molecule has 2 nitrogen and oxygen atoms in total. The van der Waals surface area contributed by atoms with Crippen LogP contribution in [-0.4, -0.2) is 22.9 Å². The van der Waals surface area contributed by atoms with E-state index in [0.717, 1.165) is 27.5 Å². The van der Waals surface area contributed by atoms with Gasteiger partial charge >= 0.3 is 0 Å². The summed E-state index contributed by atoms with van der Waals surface area (Å²) in [7, 11) is 0. The van der Waals surface area contributed by atoms with Gasteiger partial charge in [0.15, 0.2) is 0 Å². The standard InChI is InChI=1S/C23H25NO/c1-16(2)24(17(3)4)23(25)21-12-8-11-19-13-14-20(15-22(19)21)18-9-6-5-7-10-18/h5-17H,1-4H3. The van der Waals surface area contributed by atoms with E-state index in [1.807, 2.05) is 35.2 Å². The zero-order valence-electron chi connectivity index (χ0n) is 15.4. The van der Waals surface area contributed by atoms with Crippen LogP contribution in [0.5, 0.6) is 0 Å². The van der Waals surface area contributed by atoms with E-state index in [1.54, 1.807) is 0 Å². The molecule has 0 aromatic heterocycles. The van der Waals surface area contributed by atoms with Crippen molar-refractivity contribution < 1.29 is 4.79 Å². The minimum Gasteiger partial charge on any atom is -0.334 e. The highest BCUT2D eigenvalue weighted by atomic mass is 16.2. The molecular formula is C23H25NO. The van der Waals surface area contributed by atoms with Crippen molar-refractivity contribution in [2.75, 3.05) is 0 Å². The Morgan fingerprint density at radius 1 is 0.760 bits per heavy atom. The van der Waals surface area contributed by atoms with Gasteiger partial charge in [0.2, 0.25) is 0 Å². The Kier molecular flexibility index (Phi) is 4.89. The average Bonchev–Trinajstić information content (AvgIpc) is 2.60. The highest BCUT2D eigenvalue weighted by Crippen LogP contribution is 2.28. The predicted octanol–water partition coefficient (Wildman–Crippen LogP) is 5.77. The van der Waals surface area contributed by atoms with Crippen LogP contribution in [0.1, 0.15) is 38.1 Å². The van der Waals surface area contributed by atoms with Crippen molar-refractivity contribution in [2.24, 2.45) is 0 Å². The van der Waals surface area contributed by atoms with E-state index in [9.17, 15) is 4.79 Å². The summed E-state index contributed by atoms with van der Waals surface area (Å²) < 4.78 is 0. The van der Waals surface area contributed by atoms with E-state index in [2.05, 4.69) is 64.1 Å². The van der Waals surface area contributed by atoms with Crippen molar-refractivity contribution >= 4 is 16.7 Å². The van der Waals surface area contributed by atoms with Gasteiger partial charge in [0.05, 0.1) is 0 Å². The van der Waals surface area contributed by atoms with Crippen LogP contribution >= 0.6 is 0 Å². The molecule has 0 radical (unpaired) electrons. The fourth-order valence-corrected chi connectivity index (χ4v) is 3.47. The molecule has 0 atom stereocenters. The molecule has 0 aliphatic heterocycles. The Balaban J connectivity index is 2.14. The van der Waals surface area contributed by atoms with Crippen molar-refractivity contribution in [2.45, 2.75) is 39.8 Å². The molecule has 3 aromatic carbocycles. The Bertz CT molecular complexity index is 873. The summed E-state index contributed by atoms with van der Waals surface area (Å²) in [5.41, 5.74) is 3.07. The van der Waals surface area contributed by atoms with E-state index in [0.29, 0.717) is 0 Å². The topological polar surface area (TPSA) is 20.3 Å². The van der Waals surface area contributed by atoms with Crippen LogP contribution < -0.4 is 0 Å². The molecule has 2 heteroatoms. The second-order valence-electron chi connectivity index (χ2n) is 7.01. The molecule has 0 fully saturated rings. The van der Waals surface area contributed by atoms with Crippen molar-refractivity contribution in [3.8, 4) is 11.1 Å². The summed E-state index contributed by atoms with van der Waals surface area (Å²) >= 11 is 0. The third kappa shape index (κ3) is 3.43. The van der Waals surface area contributed by atoms with Gasteiger partial charge in [-0.3, -0.25) is 4.79 Å². The monoisotopic (exact) mass is 331 g/mol. The fourth-order valence-electron chi connectivity index (χ4n) is 3.47. The summed E-state index contributed by atoms with van der Waals surface area (Å²) in [6.45, 7) is 8.27. The van der Waals surface area contributed by atoms with Crippen LogP contribution in [0, 0.1) is 0 Å². The fraction of sp³-hybridized carbons (Fsp3) is 0.261. The maximum atomic E-state index is 13.2. The van der Waals surface area contributed by atoms with E-state index in [1.165, 1.54) is 0 Å². The Labute approximate surface area is 150 Å². The molecule has 0 heterocycles. The van der Waals surface area contributed by atoms with E-state index < -0.39 is 0 Å². The van der Waals surface area contributed by atoms with Crippen LogP contribution in [-0.2, 0) is 0 Å². The largest absolute Gasteiger partial charge is 0.334 e. The van der Waals surface area contributed by atoms with Gasteiger partial charge in [-0.05, 0) is 61.7 Å². The quantitative estimate of drug-likeness (QED) is 0.594. The van der Waals surface area contributed by atoms with Crippen LogP contribution in [0.3, 0.4) is 0 Å². The summed E-state index contributed by atoms with van der Waals surface area (Å²) in [4.78, 5) is 15.2. The molecule has 0 N–H and O–H groups in total. The molecule has 0 spiro atoms. The minimum absolute atomic E-state index is 0.0980. The van der Waals surface area contributed by atoms with Gasteiger partial charge in [-0.2, -0.15) is 0 Å². The maximum Gasteiger partial charge on any atom is 0.254 e. The first kappa shape index (κ1) is 17.2. The van der Waals surface area contributed by atoms with Gasteiger partial charge in [0, 0.05) is 17.6 Å². The van der Waals surface area contributed by atoms with Crippen LogP contribution in [0.2, 0.25) is 0 Å². The number of amides is 1. The van der Waals surface area contributed by atoms with Gasteiger partial charge in [-0.15, -0.1) is 0 Å². The average molecular weight is 331 g/mol. The zero-order valence-corrected chi connectivity index (χ0v) is 15.4. The van der Waals surface area contributed by atoms with Crippen LogP contribution in [0.15, 0.2) is 66.7 Å². The van der Waals surface area contributed by atoms with Gasteiger partial charge in [0.25, 0.3) is 5.91 Å². The van der Waals surface area contributed by atoms with Crippen LogP contribution in [0.4, 0.5) is 0 Å². The van der Waals surface area contributed by atoms with Gasteiger partial charge in [-0.1, -0.05) is 54.6 Å². The van der Waals surface area contributed by atoms with Crippen molar-refractivity contribution in [3.05, 3.63) is 72.3 Å². The summed E-state index contributed by atoms with van der Waals surface area (Å²) in [6, 6.07) is 23.0. The lowest BCUT2D eigenvalue weighted by Crippen LogP contribution is -2.42. The Morgan fingerprint density at radius 2 is 1.44 bits per heavy atom. The molecule has 25 heavy (non-hydrogen) atoms. The molecule has 3 rings (SSSR count). The number of rotatable bonds is 4. The first-order chi connectivity index (χ1) is 12.0. The number of hydrogen-bond acceptors (Lipinski definition) is 1. The second-order valence-corrected chi connectivity index (χ2v) is 7.01. The number of carbonyl (C=O) groups is 1. The van der Waals surface area contributed by atoms with Gasteiger partial charge < -0.3 is 4.90 Å². The first-order valence-electron chi connectivity index (χ1n) is 8.90. The Hall–Kier alpha value is -2.61. The third-order valence-corrected chi connectivity index (χ3v) is 4.57. The van der Waals surface area contributed by atoms with Gasteiger partial charge in [0.1, 0.15) is 0 Å². The number of hydrogen-bond donors (Lipinski definition) is 0. The lowest BCUT2D eigenvalue weighted by Gasteiger charge is -2.31. The van der Waals surface area contributed by atoms with Crippen LogP contribution in [0.25, 0.3) is 21.9 Å². The van der Waals surface area contributed by atoms with Crippen molar-refractivity contribution in [1.29, 1.82) is 0 Å². The summed E-state index contributed by atoms with van der Waals surface area (Å²) in [6.07, 6.45) is 0. The lowest BCUT2D eigenvalue weighted by molar-refractivity contribution is 0.0646. The molecule has 0 aliphatic carbocycles. The molecule has 0 saturated carbocycles. The molecule has 0 aliphatic rings. The number of carbonyl (C=O) groups excluding carboxylic acids is 1. The zero-order chi connectivity index (χ0) is 18.0. The van der Waals surface area contributed by atoms with E-state index in [4.69, 9.17) is 0 Å². The number of nitrogens with zero attached hydrogens (tertiary/aromatic N) is 1. The molecule has 3 aromatic rings. The smallest absolute Gasteiger partial charge is 0.254 e. The minimum atomic E-state index is 0.0980. The number of benzene rings is 3. The molecular weight excluding hydrogens is 306 g/mol. The number of fused-ring (bicyclic) bond motifs is 1. The normalized spacial score (nSPS) is 11.3. The summed E-state index contributed by atoms with van der Waals surface area (Å²) in [5.74, 6) is 0.0980. The SMILES string of the molecule is CC(C)N(C(=O)c1cccc2ccc(-c3ccccc3)cc12)C(C)C. The highest BCUT2D eigenvalue weighted by Gasteiger charge is 2.23. The van der Waals surface area contributed by atoms with Crippen molar-refractivity contribution in [1.82, 2.24) is 4.90 Å². The van der Waals surface area contributed by atoms with E-state index >= 15 is 0 Å². The molecule has 0 unspecified atom stereocenters. The molecule has 128 valence electrons. The van der Waals surface area contributed by atoms with Crippen molar-refractivity contribution in [3.63, 3.8) is 0 Å². The van der Waals surface area contributed by atoms with Gasteiger partial charge in [-0.25, -0.2) is 0 Å². The maximum absolute atomic E-state index is 13.2. The second kappa shape index (κ2) is 7.10. The predicted molar refractivity (Wildman–Crippen MR) is 106 cm³/mol. The summed E-state index contributed by atoms with van der Waals surface area (Å²) in [5, 5.41) is 2.11. The molecule has 0 saturated heterocycles. The first-order valence-corrected chi connectivity index (χ1v) is 8.90. The Morgan fingerprint density at radius 3 is 2.08 bits per heavy atom. The third-order valence-electron chi connectivity index (χ3n) is 4.57. The molecule has 0 bridgehead atoms. The van der Waals surface area contributed by atoms with E-state index in [-0.39, 0.29) is 18.0 Å². The molecule has 1 amide bonds. The lowest BCUT2D eigenvalue weighted by atomic mass is 9.97. The highest BCUT2D eigenvalue weighted by molar-refractivity contribution is 6.08.